The van der Waals surface area contributed by atoms with E-state index in [0.717, 1.165) is 19.5 Å². The molecule has 0 bridgehead atoms. The topological polar surface area (TPSA) is 55.8 Å². The van der Waals surface area contributed by atoms with Crippen molar-refractivity contribution in [3.05, 3.63) is 0 Å². The van der Waals surface area contributed by atoms with Gasteiger partial charge in [-0.25, -0.2) is 0 Å². The van der Waals surface area contributed by atoms with Crippen LogP contribution in [0.3, 0.4) is 0 Å². The Kier molecular flexibility index (Phi) is 4.77. The molecule has 15 heavy (non-hydrogen) atoms. The van der Waals surface area contributed by atoms with Crippen molar-refractivity contribution in [2.75, 3.05) is 32.5 Å². The van der Waals surface area contributed by atoms with Gasteiger partial charge >= 0.3 is 7.60 Å². The van der Waals surface area contributed by atoms with Crippen molar-refractivity contribution in [2.45, 2.75) is 20.3 Å². The second kappa shape index (κ2) is 5.64. The molecule has 88 valence electrons. The van der Waals surface area contributed by atoms with Crippen LogP contribution in [-0.2, 0) is 18.4 Å². The predicted octanol–water partition coefficient (Wildman–Crippen LogP) is 1.48. The molecule has 0 aromatic carbocycles. The maximum absolute atomic E-state index is 12.0. The number of hydrogen-bond acceptors (Lipinski definition) is 4. The lowest BCUT2D eigenvalue weighted by molar-refractivity contribution is -0.132. The van der Waals surface area contributed by atoms with Crippen LogP contribution in [0.5, 0.6) is 0 Å². The standard InChI is InChI=1S/C9H18NO4P/c1-3-13-15(12,14-4-2)8-9(11)10-6-5-7-10/h3-8H2,1-2H3. The van der Waals surface area contributed by atoms with Crippen molar-refractivity contribution in [2.24, 2.45) is 0 Å². The SMILES string of the molecule is CCOP(=O)(CC(=O)N1CCC1)OCC. The highest BCUT2D eigenvalue weighted by molar-refractivity contribution is 7.54. The van der Waals surface area contributed by atoms with Gasteiger partial charge in [0.15, 0.2) is 0 Å². The summed E-state index contributed by atoms with van der Waals surface area (Å²) in [5.41, 5.74) is 0. The lowest BCUT2D eigenvalue weighted by atomic mass is 10.2. The van der Waals surface area contributed by atoms with Crippen LogP contribution in [0.25, 0.3) is 0 Å². The third-order valence-corrected chi connectivity index (χ3v) is 4.15. The molecule has 1 aliphatic rings. The molecule has 0 atom stereocenters. The summed E-state index contributed by atoms with van der Waals surface area (Å²) in [6, 6.07) is 0. The van der Waals surface area contributed by atoms with Gasteiger partial charge in [-0.2, -0.15) is 0 Å². The summed E-state index contributed by atoms with van der Waals surface area (Å²) in [6.07, 6.45) is 0.897. The molecule has 0 aromatic heterocycles. The van der Waals surface area contributed by atoms with E-state index in [2.05, 4.69) is 0 Å². The smallest absolute Gasteiger partial charge is 0.340 e. The van der Waals surface area contributed by atoms with Crippen LogP contribution in [0.2, 0.25) is 0 Å². The van der Waals surface area contributed by atoms with E-state index in [4.69, 9.17) is 9.05 Å². The molecule has 1 fully saturated rings. The highest BCUT2D eigenvalue weighted by Gasteiger charge is 2.31. The molecule has 6 heteroatoms. The van der Waals surface area contributed by atoms with E-state index in [-0.39, 0.29) is 12.1 Å². The first-order valence-corrected chi connectivity index (χ1v) is 7.00. The number of carbonyl (C=O) groups excluding carboxylic acids is 1. The van der Waals surface area contributed by atoms with E-state index < -0.39 is 7.60 Å². The van der Waals surface area contributed by atoms with E-state index in [1.807, 2.05) is 0 Å². The fourth-order valence-corrected chi connectivity index (χ4v) is 2.93. The van der Waals surface area contributed by atoms with Gasteiger partial charge in [0.2, 0.25) is 5.91 Å². The van der Waals surface area contributed by atoms with Gasteiger partial charge in [-0.3, -0.25) is 9.36 Å². The summed E-state index contributed by atoms with van der Waals surface area (Å²) in [5, 5.41) is 0. The second-order valence-corrected chi connectivity index (χ2v) is 5.39. The molecular weight excluding hydrogens is 217 g/mol. The van der Waals surface area contributed by atoms with Crippen molar-refractivity contribution in [3.8, 4) is 0 Å². The molecule has 0 saturated carbocycles. The second-order valence-electron chi connectivity index (χ2n) is 3.34. The molecule has 1 rings (SSSR count). The Hall–Kier alpha value is -0.380. The summed E-state index contributed by atoms with van der Waals surface area (Å²) in [5.74, 6) is -0.133. The largest absolute Gasteiger partial charge is 0.342 e. The number of rotatable bonds is 6. The Morgan fingerprint density at radius 2 is 1.80 bits per heavy atom. The highest BCUT2D eigenvalue weighted by Crippen LogP contribution is 2.48. The zero-order chi connectivity index (χ0) is 11.3. The molecule has 0 aliphatic carbocycles. The zero-order valence-corrected chi connectivity index (χ0v) is 10.2. The average molecular weight is 235 g/mol. The van der Waals surface area contributed by atoms with Gasteiger partial charge in [0.1, 0.15) is 6.16 Å². The first kappa shape index (κ1) is 12.7. The third-order valence-electron chi connectivity index (χ3n) is 2.19. The minimum atomic E-state index is -3.20. The lowest BCUT2D eigenvalue weighted by Gasteiger charge is -2.31. The number of carbonyl (C=O) groups is 1. The van der Waals surface area contributed by atoms with E-state index in [0.29, 0.717) is 13.2 Å². The summed E-state index contributed by atoms with van der Waals surface area (Å²) in [7, 11) is -3.20. The number of hydrogen-bond donors (Lipinski definition) is 0. The van der Waals surface area contributed by atoms with Gasteiger partial charge in [-0.05, 0) is 20.3 Å². The fourth-order valence-electron chi connectivity index (χ4n) is 1.35. The van der Waals surface area contributed by atoms with Gasteiger partial charge in [0, 0.05) is 13.1 Å². The Labute approximate surface area is 90.3 Å². The molecule has 0 N–H and O–H groups in total. The van der Waals surface area contributed by atoms with E-state index in [1.54, 1.807) is 18.7 Å². The molecule has 0 radical (unpaired) electrons. The molecule has 1 amide bonds. The monoisotopic (exact) mass is 235 g/mol. The Bertz CT molecular complexity index is 255. The van der Waals surface area contributed by atoms with E-state index in [1.165, 1.54) is 0 Å². The first-order valence-electron chi connectivity index (χ1n) is 5.27. The Balaban J connectivity index is 2.49. The third kappa shape index (κ3) is 3.59. The van der Waals surface area contributed by atoms with Crippen LogP contribution < -0.4 is 0 Å². The van der Waals surface area contributed by atoms with Gasteiger partial charge in [0.05, 0.1) is 13.2 Å². The van der Waals surface area contributed by atoms with Crippen LogP contribution in [0.15, 0.2) is 0 Å². The first-order chi connectivity index (χ1) is 7.11. The van der Waals surface area contributed by atoms with Crippen LogP contribution in [0.4, 0.5) is 0 Å². The average Bonchev–Trinajstić information content (AvgIpc) is 1.99. The molecule has 1 saturated heterocycles. The minimum Gasteiger partial charge on any atom is -0.342 e. The summed E-state index contributed by atoms with van der Waals surface area (Å²) < 4.78 is 22.1. The number of nitrogens with zero attached hydrogens (tertiary/aromatic N) is 1. The van der Waals surface area contributed by atoms with E-state index in [9.17, 15) is 9.36 Å². The molecule has 0 aromatic rings. The van der Waals surface area contributed by atoms with Crippen LogP contribution >= 0.6 is 7.60 Å². The van der Waals surface area contributed by atoms with Gasteiger partial charge in [-0.1, -0.05) is 0 Å². The Morgan fingerprint density at radius 1 is 1.27 bits per heavy atom. The molecule has 0 spiro atoms. The van der Waals surface area contributed by atoms with Crippen molar-refractivity contribution in [1.29, 1.82) is 0 Å². The molecular formula is C9H18NO4P. The van der Waals surface area contributed by atoms with Crippen LogP contribution in [0, 0.1) is 0 Å². The van der Waals surface area contributed by atoms with Gasteiger partial charge < -0.3 is 13.9 Å². The predicted molar refractivity (Wildman–Crippen MR) is 56.9 cm³/mol. The zero-order valence-electron chi connectivity index (χ0n) is 9.27. The number of likely N-dealkylation sites (tertiary alicyclic amines) is 1. The minimum absolute atomic E-state index is 0.130. The van der Waals surface area contributed by atoms with Crippen molar-refractivity contribution >= 4 is 13.5 Å². The molecule has 0 unspecified atom stereocenters. The fraction of sp³-hybridized carbons (Fsp3) is 0.889. The van der Waals surface area contributed by atoms with Crippen LogP contribution in [0.1, 0.15) is 20.3 Å². The summed E-state index contributed by atoms with van der Waals surface area (Å²) >= 11 is 0. The van der Waals surface area contributed by atoms with Crippen molar-refractivity contribution in [3.63, 3.8) is 0 Å². The summed E-state index contributed by atoms with van der Waals surface area (Å²) in [6.45, 7) is 5.59. The number of amides is 1. The van der Waals surface area contributed by atoms with Crippen molar-refractivity contribution < 1.29 is 18.4 Å². The van der Waals surface area contributed by atoms with Crippen LogP contribution in [-0.4, -0.2) is 43.3 Å². The van der Waals surface area contributed by atoms with E-state index >= 15 is 0 Å². The lowest BCUT2D eigenvalue weighted by Crippen LogP contribution is -2.43. The summed E-state index contributed by atoms with van der Waals surface area (Å²) in [4.78, 5) is 13.3. The quantitative estimate of drug-likeness (QED) is 0.654. The van der Waals surface area contributed by atoms with Gasteiger partial charge in [-0.15, -0.1) is 0 Å². The highest BCUT2D eigenvalue weighted by atomic mass is 31.2. The van der Waals surface area contributed by atoms with Crippen molar-refractivity contribution in [1.82, 2.24) is 4.90 Å². The maximum atomic E-state index is 12.0. The Morgan fingerprint density at radius 3 is 2.13 bits per heavy atom. The molecule has 5 nitrogen and oxygen atoms in total. The molecule has 1 aliphatic heterocycles. The maximum Gasteiger partial charge on any atom is 0.340 e. The van der Waals surface area contributed by atoms with Gasteiger partial charge in [0.25, 0.3) is 0 Å². The normalized spacial score (nSPS) is 16.3. The molecule has 1 heterocycles.